The van der Waals surface area contributed by atoms with E-state index in [2.05, 4.69) is 25.9 Å². The van der Waals surface area contributed by atoms with E-state index in [9.17, 15) is 34.2 Å². The molecule has 1 aromatic heterocycles. The standard InChI is InChI=1S/C25H34N6O8S/c1-40-9-8-18(25(38)39)29-24(37)20(11-15-12-27-13-28-15)31-23(36)19(10-14-2-4-16(32)5-3-14)30-22(35)17(26)6-7-21(33)34/h2-5,12-13,17-20,32H,6-11,26H2,1H3,(H,27,28)(H,29,37)(H,30,35)(H,31,36)(H,33,34)(H,38,39). The minimum absolute atomic E-state index is 0.00442. The number of benzene rings is 1. The lowest BCUT2D eigenvalue weighted by atomic mass is 10.0. The van der Waals surface area contributed by atoms with Gasteiger partial charge in [0.2, 0.25) is 17.7 Å². The van der Waals surface area contributed by atoms with Crippen LogP contribution in [0.1, 0.15) is 30.5 Å². The highest BCUT2D eigenvalue weighted by Gasteiger charge is 2.31. The maximum absolute atomic E-state index is 13.4. The van der Waals surface area contributed by atoms with Crippen LogP contribution in [0.2, 0.25) is 0 Å². The van der Waals surface area contributed by atoms with E-state index < -0.39 is 53.8 Å². The summed E-state index contributed by atoms with van der Waals surface area (Å²) in [6, 6.07) is 1.04. The molecule has 9 N–H and O–H groups in total. The first-order valence-corrected chi connectivity index (χ1v) is 13.7. The van der Waals surface area contributed by atoms with Crippen molar-refractivity contribution in [2.45, 2.75) is 56.3 Å². The van der Waals surface area contributed by atoms with Crippen molar-refractivity contribution in [1.82, 2.24) is 25.9 Å². The van der Waals surface area contributed by atoms with Gasteiger partial charge in [0.05, 0.1) is 12.4 Å². The Bertz CT molecular complexity index is 1140. The number of nitrogens with one attached hydrogen (secondary N) is 4. The van der Waals surface area contributed by atoms with Crippen LogP contribution < -0.4 is 21.7 Å². The number of thioether (sulfide) groups is 1. The summed E-state index contributed by atoms with van der Waals surface area (Å²) in [6.07, 6.45) is 4.20. The number of carbonyl (C=O) groups excluding carboxylic acids is 3. The number of nitrogens with two attached hydrogens (primary N) is 1. The van der Waals surface area contributed by atoms with Crippen LogP contribution in [0.5, 0.6) is 5.75 Å². The van der Waals surface area contributed by atoms with E-state index >= 15 is 0 Å². The first kappa shape index (κ1) is 32.1. The number of hydrogen-bond donors (Lipinski definition) is 8. The highest BCUT2D eigenvalue weighted by atomic mass is 32.2. The van der Waals surface area contributed by atoms with Crippen molar-refractivity contribution in [2.75, 3.05) is 12.0 Å². The maximum Gasteiger partial charge on any atom is 0.326 e. The van der Waals surface area contributed by atoms with Gasteiger partial charge in [-0.1, -0.05) is 12.1 Å². The molecule has 14 nitrogen and oxygen atoms in total. The highest BCUT2D eigenvalue weighted by Crippen LogP contribution is 2.12. The molecule has 4 unspecified atom stereocenters. The van der Waals surface area contributed by atoms with Crippen molar-refractivity contribution in [3.63, 3.8) is 0 Å². The normalized spacial score (nSPS) is 13.8. The highest BCUT2D eigenvalue weighted by molar-refractivity contribution is 7.98. The third kappa shape index (κ3) is 10.9. The van der Waals surface area contributed by atoms with Gasteiger partial charge in [-0.2, -0.15) is 11.8 Å². The van der Waals surface area contributed by atoms with Crippen LogP contribution in [-0.2, 0) is 36.8 Å². The summed E-state index contributed by atoms with van der Waals surface area (Å²) >= 11 is 1.42. The monoisotopic (exact) mass is 578 g/mol. The smallest absolute Gasteiger partial charge is 0.326 e. The second-order valence-electron chi connectivity index (χ2n) is 8.99. The average molecular weight is 579 g/mol. The number of hydrogen-bond acceptors (Lipinski definition) is 9. The second-order valence-corrected chi connectivity index (χ2v) is 9.98. The lowest BCUT2D eigenvalue weighted by Gasteiger charge is -2.25. The molecular formula is C25H34N6O8S. The summed E-state index contributed by atoms with van der Waals surface area (Å²) in [5.74, 6) is -4.15. The molecule has 0 saturated carbocycles. The minimum atomic E-state index is -1.24. The lowest BCUT2D eigenvalue weighted by Crippen LogP contribution is -2.58. The zero-order valence-electron chi connectivity index (χ0n) is 21.8. The Kier molecular flexibility index (Phi) is 12.9. The van der Waals surface area contributed by atoms with Gasteiger partial charge in [-0.3, -0.25) is 19.2 Å². The van der Waals surface area contributed by atoms with Crippen LogP contribution in [0.15, 0.2) is 36.8 Å². The predicted octanol–water partition coefficient (Wildman–Crippen LogP) is -0.615. The number of aliphatic carboxylic acids is 2. The third-order valence-corrected chi connectivity index (χ3v) is 6.50. The zero-order valence-corrected chi connectivity index (χ0v) is 22.6. The van der Waals surface area contributed by atoms with Crippen LogP contribution in [-0.4, -0.2) is 91.1 Å². The van der Waals surface area contributed by atoms with Gasteiger partial charge < -0.3 is 42.0 Å². The molecule has 218 valence electrons. The van der Waals surface area contributed by atoms with Crippen molar-refractivity contribution in [3.8, 4) is 5.75 Å². The van der Waals surface area contributed by atoms with Crippen molar-refractivity contribution < 1.29 is 39.3 Å². The maximum atomic E-state index is 13.4. The molecule has 15 heteroatoms. The van der Waals surface area contributed by atoms with Crippen LogP contribution >= 0.6 is 11.8 Å². The number of nitrogens with zero attached hydrogens (tertiary/aromatic N) is 1. The van der Waals surface area contributed by atoms with E-state index in [1.165, 1.54) is 36.4 Å². The summed E-state index contributed by atoms with van der Waals surface area (Å²) in [6.45, 7) is 0. The number of imidazole rings is 1. The molecule has 0 aliphatic carbocycles. The van der Waals surface area contributed by atoms with Gasteiger partial charge in [-0.25, -0.2) is 9.78 Å². The van der Waals surface area contributed by atoms with Gasteiger partial charge in [0.1, 0.15) is 23.9 Å². The molecule has 1 heterocycles. The molecule has 0 spiro atoms. The molecule has 3 amide bonds. The van der Waals surface area contributed by atoms with Crippen LogP contribution in [0, 0.1) is 0 Å². The average Bonchev–Trinajstić information content (AvgIpc) is 3.42. The molecule has 0 saturated heterocycles. The van der Waals surface area contributed by atoms with Crippen molar-refractivity contribution in [3.05, 3.63) is 48.0 Å². The SMILES string of the molecule is CSCCC(NC(=O)C(Cc1cnc[nH]1)NC(=O)C(Cc1ccc(O)cc1)NC(=O)C(N)CCC(=O)O)C(=O)O. The Morgan fingerprint density at radius 1 is 0.925 bits per heavy atom. The third-order valence-electron chi connectivity index (χ3n) is 5.85. The Hall–Kier alpha value is -4.11. The van der Waals surface area contributed by atoms with E-state index in [1.54, 1.807) is 18.4 Å². The Balaban J connectivity index is 2.26. The molecule has 2 rings (SSSR count). The molecular weight excluding hydrogens is 544 g/mol. The molecule has 4 atom stereocenters. The number of rotatable bonds is 17. The number of H-pyrrole nitrogens is 1. The fourth-order valence-corrected chi connectivity index (χ4v) is 4.10. The summed E-state index contributed by atoms with van der Waals surface area (Å²) in [5, 5.41) is 35.5. The van der Waals surface area contributed by atoms with Crippen LogP contribution in [0.4, 0.5) is 0 Å². The predicted molar refractivity (Wildman–Crippen MR) is 145 cm³/mol. The van der Waals surface area contributed by atoms with Gasteiger partial charge in [-0.15, -0.1) is 0 Å². The first-order valence-electron chi connectivity index (χ1n) is 12.4. The van der Waals surface area contributed by atoms with E-state index in [-0.39, 0.29) is 37.9 Å². The molecule has 0 radical (unpaired) electrons. The summed E-state index contributed by atoms with van der Waals surface area (Å²) in [4.78, 5) is 68.6. The van der Waals surface area contributed by atoms with Crippen molar-refractivity contribution in [1.29, 1.82) is 0 Å². The van der Waals surface area contributed by atoms with Gasteiger partial charge >= 0.3 is 11.9 Å². The number of phenols is 1. The van der Waals surface area contributed by atoms with E-state index in [4.69, 9.17) is 10.8 Å². The molecule has 1 aromatic carbocycles. The second kappa shape index (κ2) is 16.1. The Morgan fingerprint density at radius 3 is 2.08 bits per heavy atom. The number of carboxylic acids is 2. The van der Waals surface area contributed by atoms with Gasteiger partial charge in [-0.05, 0) is 42.5 Å². The number of aromatic nitrogens is 2. The summed E-state index contributed by atoms with van der Waals surface area (Å²) in [5.41, 5.74) is 6.87. The molecule has 0 fully saturated rings. The number of amides is 3. The fourth-order valence-electron chi connectivity index (χ4n) is 3.63. The first-order chi connectivity index (χ1) is 19.0. The number of aromatic amines is 1. The molecule has 0 aliphatic rings. The van der Waals surface area contributed by atoms with Crippen LogP contribution in [0.25, 0.3) is 0 Å². The topological polar surface area (TPSA) is 237 Å². The van der Waals surface area contributed by atoms with E-state index in [0.29, 0.717) is 17.0 Å². The zero-order chi connectivity index (χ0) is 29.7. The molecule has 40 heavy (non-hydrogen) atoms. The van der Waals surface area contributed by atoms with Crippen molar-refractivity contribution in [2.24, 2.45) is 5.73 Å². The summed E-state index contributed by atoms with van der Waals surface area (Å²) in [7, 11) is 0. The fraction of sp³-hybridized carbons (Fsp3) is 0.440. The van der Waals surface area contributed by atoms with E-state index in [1.807, 2.05) is 0 Å². The number of phenolic OH excluding ortho intramolecular Hbond substituents is 1. The number of carbonyl (C=O) groups is 5. The molecule has 0 aliphatic heterocycles. The van der Waals surface area contributed by atoms with Crippen LogP contribution in [0.3, 0.4) is 0 Å². The number of aromatic hydroxyl groups is 1. The molecule has 0 bridgehead atoms. The Labute approximate surface area is 234 Å². The quantitative estimate of drug-likeness (QED) is 0.118. The molecule has 2 aromatic rings. The van der Waals surface area contributed by atoms with Gasteiger partial charge in [0, 0.05) is 31.2 Å². The number of carboxylic acid groups (broad SMARTS) is 2. The van der Waals surface area contributed by atoms with Gasteiger partial charge in [0.15, 0.2) is 0 Å². The lowest BCUT2D eigenvalue weighted by molar-refractivity contribution is -0.142. The Morgan fingerprint density at radius 2 is 1.52 bits per heavy atom. The van der Waals surface area contributed by atoms with Gasteiger partial charge in [0.25, 0.3) is 0 Å². The minimum Gasteiger partial charge on any atom is -0.508 e. The summed E-state index contributed by atoms with van der Waals surface area (Å²) < 4.78 is 0. The van der Waals surface area contributed by atoms with Crippen molar-refractivity contribution >= 4 is 41.4 Å². The largest absolute Gasteiger partial charge is 0.508 e. The van der Waals surface area contributed by atoms with E-state index in [0.717, 1.165) is 0 Å².